The van der Waals surface area contributed by atoms with Crippen LogP contribution in [0.5, 0.6) is 0 Å². The van der Waals surface area contributed by atoms with Gasteiger partial charge in [0.2, 0.25) is 0 Å². The van der Waals surface area contributed by atoms with E-state index in [9.17, 15) is 0 Å². The van der Waals surface area contributed by atoms with E-state index in [-0.39, 0.29) is 0 Å². The molecule has 0 N–H and O–H groups in total. The predicted octanol–water partition coefficient (Wildman–Crippen LogP) is 16.2. The molecule has 13 aromatic rings. The van der Waals surface area contributed by atoms with E-state index in [0.717, 1.165) is 127 Å². The molecule has 0 aliphatic heterocycles. The van der Waals surface area contributed by atoms with E-state index in [1.807, 2.05) is 42.5 Å². The van der Waals surface area contributed by atoms with Crippen molar-refractivity contribution in [3.8, 4) is 67.3 Å². The van der Waals surface area contributed by atoms with Gasteiger partial charge in [0, 0.05) is 49.0 Å². The van der Waals surface area contributed by atoms with Gasteiger partial charge < -0.3 is 13.3 Å². The van der Waals surface area contributed by atoms with Crippen LogP contribution in [0.3, 0.4) is 0 Å². The van der Waals surface area contributed by atoms with Crippen molar-refractivity contribution in [2.45, 2.75) is 0 Å². The Balaban J connectivity index is 1.00. The highest BCUT2D eigenvalue weighted by Gasteiger charge is 2.17. The first-order valence-electron chi connectivity index (χ1n) is 21.1. The van der Waals surface area contributed by atoms with Gasteiger partial charge >= 0.3 is 0 Å². The average Bonchev–Trinajstić information content (AvgIpc) is 4.04. The summed E-state index contributed by atoms with van der Waals surface area (Å²) < 4.78 is 18.6. The van der Waals surface area contributed by atoms with Crippen molar-refractivity contribution in [1.29, 1.82) is 0 Å². The van der Waals surface area contributed by atoms with E-state index >= 15 is 0 Å². The van der Waals surface area contributed by atoms with Gasteiger partial charge in [-0.15, -0.1) is 0 Å². The van der Waals surface area contributed by atoms with Gasteiger partial charge in [-0.25, -0.2) is 9.97 Å². The number of nitrogens with zero attached hydrogens (tertiary/aromatic N) is 2. The van der Waals surface area contributed by atoms with Crippen LogP contribution < -0.4 is 0 Å². The fourth-order valence-electron chi connectivity index (χ4n) is 9.15. The van der Waals surface area contributed by atoms with Gasteiger partial charge in [-0.05, 0) is 118 Å². The number of aromatic nitrogens is 2. The van der Waals surface area contributed by atoms with Crippen molar-refractivity contribution >= 4 is 65.8 Å². The standard InChI is InChI=1S/C58H34N2O3/c1-2-11-35(12-3-1)50-34-51(40-14-10-13-36(27-40)37-21-24-55-47(31-37)44-15-4-7-18-52(44)61-55)60-58(59-50)43-29-41(38-22-25-56-48(32-38)45-16-5-8-19-53(45)62-56)28-42(30-43)39-23-26-57-49(33-39)46-17-6-9-20-54(46)63-57/h1-34H. The Morgan fingerprint density at radius 3 is 1.11 bits per heavy atom. The summed E-state index contributed by atoms with van der Waals surface area (Å²) in [5.74, 6) is 0.635. The van der Waals surface area contributed by atoms with Gasteiger partial charge in [0.15, 0.2) is 5.82 Å². The summed E-state index contributed by atoms with van der Waals surface area (Å²) in [4.78, 5) is 10.7. The minimum Gasteiger partial charge on any atom is -0.456 e. The second-order valence-electron chi connectivity index (χ2n) is 16.1. The molecule has 0 amide bonds. The molecule has 0 radical (unpaired) electrons. The van der Waals surface area contributed by atoms with Crippen LogP contribution in [0.25, 0.3) is 133 Å². The van der Waals surface area contributed by atoms with E-state index in [1.165, 1.54) is 0 Å². The molecule has 5 nitrogen and oxygen atoms in total. The van der Waals surface area contributed by atoms with Crippen LogP contribution in [0.1, 0.15) is 0 Å². The Labute approximate surface area is 361 Å². The first-order valence-corrected chi connectivity index (χ1v) is 21.1. The lowest BCUT2D eigenvalue weighted by Crippen LogP contribution is -1.97. The maximum absolute atomic E-state index is 6.24. The van der Waals surface area contributed by atoms with Crippen LogP contribution in [0, 0.1) is 0 Å². The molecule has 13 rings (SSSR count). The average molecular weight is 807 g/mol. The summed E-state index contributed by atoms with van der Waals surface area (Å²) in [6, 6.07) is 71.7. The molecule has 0 unspecified atom stereocenters. The first-order chi connectivity index (χ1) is 31.1. The van der Waals surface area contributed by atoms with Gasteiger partial charge in [-0.1, -0.05) is 121 Å². The van der Waals surface area contributed by atoms with Gasteiger partial charge in [-0.2, -0.15) is 0 Å². The molecular weight excluding hydrogens is 773 g/mol. The molecule has 4 heterocycles. The third-order valence-corrected chi connectivity index (χ3v) is 12.3. The van der Waals surface area contributed by atoms with E-state index in [4.69, 9.17) is 23.2 Å². The molecule has 9 aromatic carbocycles. The molecule has 5 heteroatoms. The normalized spacial score (nSPS) is 11.8. The van der Waals surface area contributed by atoms with E-state index in [0.29, 0.717) is 5.82 Å². The second kappa shape index (κ2) is 14.0. The van der Waals surface area contributed by atoms with Crippen LogP contribution in [0.4, 0.5) is 0 Å². The van der Waals surface area contributed by atoms with Crippen LogP contribution in [-0.4, -0.2) is 9.97 Å². The molecule has 0 aliphatic carbocycles. The number of fused-ring (bicyclic) bond motifs is 9. The summed E-state index contributed by atoms with van der Waals surface area (Å²) in [5.41, 5.74) is 16.3. The van der Waals surface area contributed by atoms with Gasteiger partial charge in [0.05, 0.1) is 11.4 Å². The Hall–Kier alpha value is -8.54. The molecule has 0 saturated carbocycles. The summed E-state index contributed by atoms with van der Waals surface area (Å²) in [6.07, 6.45) is 0. The Morgan fingerprint density at radius 1 is 0.222 bits per heavy atom. The van der Waals surface area contributed by atoms with Crippen molar-refractivity contribution in [1.82, 2.24) is 9.97 Å². The molecule has 0 spiro atoms. The Bertz CT molecular complexity index is 3800. The van der Waals surface area contributed by atoms with Crippen molar-refractivity contribution in [2.75, 3.05) is 0 Å². The lowest BCUT2D eigenvalue weighted by Gasteiger charge is -2.14. The van der Waals surface area contributed by atoms with E-state index < -0.39 is 0 Å². The van der Waals surface area contributed by atoms with Crippen LogP contribution >= 0.6 is 0 Å². The zero-order chi connectivity index (χ0) is 41.4. The van der Waals surface area contributed by atoms with E-state index in [1.54, 1.807) is 0 Å². The number of hydrogen-bond acceptors (Lipinski definition) is 5. The van der Waals surface area contributed by atoms with Crippen LogP contribution in [-0.2, 0) is 0 Å². The smallest absolute Gasteiger partial charge is 0.160 e. The Morgan fingerprint density at radius 2 is 0.587 bits per heavy atom. The van der Waals surface area contributed by atoms with E-state index in [2.05, 4.69) is 164 Å². The predicted molar refractivity (Wildman–Crippen MR) is 256 cm³/mol. The lowest BCUT2D eigenvalue weighted by atomic mass is 9.94. The van der Waals surface area contributed by atoms with Crippen molar-refractivity contribution in [3.63, 3.8) is 0 Å². The number of benzene rings is 9. The summed E-state index contributed by atoms with van der Waals surface area (Å²) >= 11 is 0. The zero-order valence-corrected chi connectivity index (χ0v) is 33.7. The highest BCUT2D eigenvalue weighted by atomic mass is 16.3. The number of para-hydroxylation sites is 3. The molecule has 63 heavy (non-hydrogen) atoms. The molecule has 294 valence electrons. The maximum Gasteiger partial charge on any atom is 0.160 e. The molecule has 0 bridgehead atoms. The topological polar surface area (TPSA) is 65.2 Å². The van der Waals surface area contributed by atoms with Gasteiger partial charge in [-0.3, -0.25) is 0 Å². The third-order valence-electron chi connectivity index (χ3n) is 12.3. The molecular formula is C58H34N2O3. The van der Waals surface area contributed by atoms with Crippen molar-refractivity contribution in [3.05, 3.63) is 206 Å². The fourth-order valence-corrected chi connectivity index (χ4v) is 9.15. The fraction of sp³-hybridized carbons (Fsp3) is 0. The highest BCUT2D eigenvalue weighted by molar-refractivity contribution is 6.08. The first kappa shape index (κ1) is 35.2. The van der Waals surface area contributed by atoms with Crippen molar-refractivity contribution < 1.29 is 13.3 Å². The maximum atomic E-state index is 6.24. The monoisotopic (exact) mass is 806 g/mol. The second-order valence-corrected chi connectivity index (χ2v) is 16.1. The molecule has 0 atom stereocenters. The minimum atomic E-state index is 0.635. The highest BCUT2D eigenvalue weighted by Crippen LogP contribution is 2.40. The lowest BCUT2D eigenvalue weighted by molar-refractivity contribution is 0.668. The SMILES string of the molecule is c1ccc(-c2cc(-c3cccc(-c4ccc5oc6ccccc6c5c4)c3)nc(-c3cc(-c4ccc5oc6ccccc6c5c4)cc(-c4ccc5oc6ccccc6c5c4)c3)n2)cc1. The molecule has 0 saturated heterocycles. The van der Waals surface area contributed by atoms with Crippen LogP contribution in [0.15, 0.2) is 220 Å². The summed E-state index contributed by atoms with van der Waals surface area (Å²) in [7, 11) is 0. The summed E-state index contributed by atoms with van der Waals surface area (Å²) in [5, 5.41) is 6.53. The third kappa shape index (κ3) is 6.01. The van der Waals surface area contributed by atoms with Crippen LogP contribution in [0.2, 0.25) is 0 Å². The summed E-state index contributed by atoms with van der Waals surface area (Å²) in [6.45, 7) is 0. The zero-order valence-electron chi connectivity index (χ0n) is 33.7. The minimum absolute atomic E-state index is 0.635. The number of hydrogen-bond donors (Lipinski definition) is 0. The quantitative estimate of drug-likeness (QED) is 0.167. The molecule has 4 aromatic heterocycles. The van der Waals surface area contributed by atoms with Gasteiger partial charge in [0.1, 0.15) is 33.5 Å². The molecule has 0 fully saturated rings. The molecule has 0 aliphatic rings. The number of rotatable bonds is 6. The Kier molecular flexibility index (Phi) is 7.84. The number of furan rings is 3. The largest absolute Gasteiger partial charge is 0.456 e. The van der Waals surface area contributed by atoms with Gasteiger partial charge in [0.25, 0.3) is 0 Å². The van der Waals surface area contributed by atoms with Crippen molar-refractivity contribution in [2.24, 2.45) is 0 Å².